The Morgan fingerprint density at radius 2 is 2.00 bits per heavy atom. The van der Waals surface area contributed by atoms with E-state index in [4.69, 9.17) is 4.74 Å². The molecule has 0 aliphatic carbocycles. The monoisotopic (exact) mass is 302 g/mol. The third-order valence-electron chi connectivity index (χ3n) is 3.06. The highest BCUT2D eigenvalue weighted by Gasteiger charge is 2.03. The van der Waals surface area contributed by atoms with E-state index in [9.17, 15) is 4.39 Å². The lowest BCUT2D eigenvalue weighted by atomic mass is 10.2. The van der Waals surface area contributed by atoms with Crippen LogP contribution in [0.15, 0.2) is 54.0 Å². The minimum atomic E-state index is -0.226. The Kier molecular flexibility index (Phi) is 4.43. The van der Waals surface area contributed by atoms with Crippen LogP contribution in [0.25, 0.3) is 10.6 Å². The minimum absolute atomic E-state index is 0.226. The first-order chi connectivity index (χ1) is 10.3. The molecule has 0 atom stereocenters. The number of thiophene rings is 1. The highest BCUT2D eigenvalue weighted by atomic mass is 32.1. The van der Waals surface area contributed by atoms with Crippen LogP contribution < -0.4 is 0 Å². The van der Waals surface area contributed by atoms with Gasteiger partial charge in [-0.1, -0.05) is 18.2 Å². The highest BCUT2D eigenvalue weighted by molar-refractivity contribution is 7.13. The zero-order chi connectivity index (χ0) is 14.5. The largest absolute Gasteiger partial charge is 0.375 e. The van der Waals surface area contributed by atoms with Crippen LogP contribution in [-0.4, -0.2) is 16.4 Å². The molecular formula is C16H15FN2OS. The fourth-order valence-electron chi connectivity index (χ4n) is 1.97. The van der Waals surface area contributed by atoms with Gasteiger partial charge < -0.3 is 4.74 Å². The normalized spacial score (nSPS) is 10.9. The molecule has 2 heterocycles. The predicted octanol–water partition coefficient (Wildman–Crippen LogP) is 3.97. The molecule has 0 radical (unpaired) electrons. The average molecular weight is 302 g/mol. The van der Waals surface area contributed by atoms with E-state index in [0.29, 0.717) is 19.8 Å². The molecule has 0 spiro atoms. The number of halogens is 1. The SMILES string of the molecule is Fc1ccc(COCCn2ccc(-c3cccs3)n2)cc1. The van der Waals surface area contributed by atoms with Gasteiger partial charge in [0, 0.05) is 6.20 Å². The second-order valence-corrected chi connectivity index (χ2v) is 5.57. The Morgan fingerprint density at radius 1 is 1.14 bits per heavy atom. The first-order valence-corrected chi connectivity index (χ1v) is 7.59. The molecule has 0 amide bonds. The van der Waals surface area contributed by atoms with Crippen molar-refractivity contribution in [2.75, 3.05) is 6.61 Å². The van der Waals surface area contributed by atoms with E-state index >= 15 is 0 Å². The number of aromatic nitrogens is 2. The van der Waals surface area contributed by atoms with Gasteiger partial charge in [-0.05, 0) is 35.2 Å². The fourth-order valence-corrected chi connectivity index (χ4v) is 2.66. The molecule has 108 valence electrons. The molecule has 3 aromatic rings. The first-order valence-electron chi connectivity index (χ1n) is 6.71. The van der Waals surface area contributed by atoms with Crippen molar-refractivity contribution in [1.82, 2.24) is 9.78 Å². The summed E-state index contributed by atoms with van der Waals surface area (Å²) in [6.07, 6.45) is 1.95. The summed E-state index contributed by atoms with van der Waals surface area (Å²) in [5.74, 6) is -0.226. The van der Waals surface area contributed by atoms with Crippen LogP contribution in [0.3, 0.4) is 0 Å². The molecule has 0 saturated carbocycles. The number of rotatable bonds is 6. The molecule has 0 bridgehead atoms. The van der Waals surface area contributed by atoms with Gasteiger partial charge in [-0.25, -0.2) is 4.39 Å². The van der Waals surface area contributed by atoms with Gasteiger partial charge in [0.15, 0.2) is 0 Å². The van der Waals surface area contributed by atoms with Gasteiger partial charge in [0.1, 0.15) is 11.5 Å². The molecular weight excluding hydrogens is 287 g/mol. The fraction of sp³-hybridized carbons (Fsp3) is 0.188. The molecule has 21 heavy (non-hydrogen) atoms. The van der Waals surface area contributed by atoms with Gasteiger partial charge in [0.25, 0.3) is 0 Å². The highest BCUT2D eigenvalue weighted by Crippen LogP contribution is 2.22. The third-order valence-corrected chi connectivity index (χ3v) is 3.95. The summed E-state index contributed by atoms with van der Waals surface area (Å²) in [5, 5.41) is 6.55. The van der Waals surface area contributed by atoms with Gasteiger partial charge >= 0.3 is 0 Å². The van der Waals surface area contributed by atoms with Crippen LogP contribution in [0.1, 0.15) is 5.56 Å². The maximum atomic E-state index is 12.8. The van der Waals surface area contributed by atoms with Gasteiger partial charge in [0.05, 0.1) is 24.6 Å². The van der Waals surface area contributed by atoms with Crippen molar-refractivity contribution >= 4 is 11.3 Å². The first kappa shape index (κ1) is 14.0. The van der Waals surface area contributed by atoms with Crippen LogP contribution >= 0.6 is 11.3 Å². The van der Waals surface area contributed by atoms with Gasteiger partial charge in [0.2, 0.25) is 0 Å². The number of hydrogen-bond acceptors (Lipinski definition) is 3. The summed E-state index contributed by atoms with van der Waals surface area (Å²) in [6.45, 7) is 1.76. The van der Waals surface area contributed by atoms with E-state index in [1.165, 1.54) is 17.0 Å². The molecule has 0 saturated heterocycles. The standard InChI is InChI=1S/C16H15FN2OS/c17-14-5-3-13(4-6-14)12-20-10-9-19-8-7-15(18-19)16-2-1-11-21-16/h1-8,11H,9-10,12H2. The third kappa shape index (κ3) is 3.77. The molecule has 1 aromatic carbocycles. The Hall–Kier alpha value is -1.98. The maximum Gasteiger partial charge on any atom is 0.123 e. The van der Waals surface area contributed by atoms with Crippen molar-refractivity contribution < 1.29 is 9.13 Å². The van der Waals surface area contributed by atoms with Gasteiger partial charge in [-0.15, -0.1) is 11.3 Å². The summed E-state index contributed by atoms with van der Waals surface area (Å²) in [7, 11) is 0. The van der Waals surface area contributed by atoms with Crippen LogP contribution in [0.5, 0.6) is 0 Å². The summed E-state index contributed by atoms with van der Waals surface area (Å²) >= 11 is 1.68. The summed E-state index contributed by atoms with van der Waals surface area (Å²) < 4.78 is 20.2. The van der Waals surface area contributed by atoms with Crippen LogP contribution in [0.2, 0.25) is 0 Å². The molecule has 5 heteroatoms. The summed E-state index contributed by atoms with van der Waals surface area (Å²) in [5.41, 5.74) is 1.96. The molecule has 0 N–H and O–H groups in total. The lowest BCUT2D eigenvalue weighted by Crippen LogP contribution is -2.06. The molecule has 3 rings (SSSR count). The second-order valence-electron chi connectivity index (χ2n) is 4.62. The van der Waals surface area contributed by atoms with Crippen molar-refractivity contribution in [1.29, 1.82) is 0 Å². The number of hydrogen-bond donors (Lipinski definition) is 0. The zero-order valence-electron chi connectivity index (χ0n) is 11.4. The van der Waals surface area contributed by atoms with Gasteiger partial charge in [-0.2, -0.15) is 5.10 Å². The van der Waals surface area contributed by atoms with E-state index in [2.05, 4.69) is 11.2 Å². The Morgan fingerprint density at radius 3 is 2.76 bits per heavy atom. The van der Waals surface area contributed by atoms with Crippen molar-refractivity contribution in [3.8, 4) is 10.6 Å². The maximum absolute atomic E-state index is 12.8. The molecule has 0 aliphatic rings. The van der Waals surface area contributed by atoms with E-state index < -0.39 is 0 Å². The average Bonchev–Trinajstić information content (AvgIpc) is 3.16. The number of nitrogens with zero attached hydrogens (tertiary/aromatic N) is 2. The number of ether oxygens (including phenoxy) is 1. The quantitative estimate of drug-likeness (QED) is 0.644. The summed E-state index contributed by atoms with van der Waals surface area (Å²) in [6, 6.07) is 12.4. The van der Waals surface area contributed by atoms with E-state index in [-0.39, 0.29) is 5.82 Å². The molecule has 0 fully saturated rings. The zero-order valence-corrected chi connectivity index (χ0v) is 12.2. The van der Waals surface area contributed by atoms with Crippen LogP contribution in [0, 0.1) is 5.82 Å². The van der Waals surface area contributed by atoms with E-state index in [1.54, 1.807) is 23.5 Å². The molecule has 3 nitrogen and oxygen atoms in total. The van der Waals surface area contributed by atoms with E-state index in [1.807, 2.05) is 28.4 Å². The minimum Gasteiger partial charge on any atom is -0.375 e. The van der Waals surface area contributed by atoms with Crippen LogP contribution in [-0.2, 0) is 17.9 Å². The Labute approximate surface area is 126 Å². The topological polar surface area (TPSA) is 27.1 Å². The lowest BCUT2D eigenvalue weighted by molar-refractivity contribution is 0.111. The molecule has 2 aromatic heterocycles. The molecule has 0 aliphatic heterocycles. The lowest BCUT2D eigenvalue weighted by Gasteiger charge is -2.04. The molecule has 0 unspecified atom stereocenters. The Balaban J connectivity index is 1.46. The van der Waals surface area contributed by atoms with Crippen molar-refractivity contribution in [2.45, 2.75) is 13.2 Å². The van der Waals surface area contributed by atoms with Crippen LogP contribution in [0.4, 0.5) is 4.39 Å². The van der Waals surface area contributed by atoms with Crippen molar-refractivity contribution in [3.63, 3.8) is 0 Å². The summed E-state index contributed by atoms with van der Waals surface area (Å²) in [4.78, 5) is 1.17. The van der Waals surface area contributed by atoms with Gasteiger partial charge in [-0.3, -0.25) is 4.68 Å². The predicted molar refractivity (Wildman–Crippen MR) is 81.6 cm³/mol. The number of benzene rings is 1. The second kappa shape index (κ2) is 6.65. The van der Waals surface area contributed by atoms with Crippen molar-refractivity contribution in [3.05, 3.63) is 65.4 Å². The van der Waals surface area contributed by atoms with E-state index in [0.717, 1.165) is 11.3 Å². The van der Waals surface area contributed by atoms with Crippen molar-refractivity contribution in [2.24, 2.45) is 0 Å². The smallest absolute Gasteiger partial charge is 0.123 e. The Bertz CT molecular complexity index is 677.